The van der Waals surface area contributed by atoms with E-state index in [0.29, 0.717) is 25.2 Å². The van der Waals surface area contributed by atoms with Crippen molar-refractivity contribution in [3.05, 3.63) is 0 Å². The summed E-state index contributed by atoms with van der Waals surface area (Å²) in [5.41, 5.74) is 0. The first-order valence-corrected chi connectivity index (χ1v) is 5.78. The third kappa shape index (κ3) is 11.1. The number of Topliss-reactive ketones (excluding diaryl/α,β-unsaturated/α-hetero) is 1. The lowest BCUT2D eigenvalue weighted by atomic mass is 10.1. The molecule has 0 bridgehead atoms. The van der Waals surface area contributed by atoms with Crippen molar-refractivity contribution in [1.29, 1.82) is 0 Å². The number of carbonyl (C=O) groups excluding carboxylic acids is 2. The largest absolute Gasteiger partial charge is 0.356 e. The lowest BCUT2D eigenvalue weighted by Gasteiger charge is -2.06. The number of carbonyl (C=O) groups is 2. The fourth-order valence-electron chi connectivity index (χ4n) is 1.32. The molecule has 3 nitrogen and oxygen atoms in total. The standard InChI is InChI=1S/C12H23NO2/c1-10(2)6-5-9-13-12(15)8-4-7-11(3)14/h10H,4-9H2,1-3H3,(H,13,15). The molecule has 0 saturated heterocycles. The lowest BCUT2D eigenvalue weighted by Crippen LogP contribution is -2.24. The van der Waals surface area contributed by atoms with Crippen LogP contribution in [-0.4, -0.2) is 18.2 Å². The molecule has 3 heteroatoms. The van der Waals surface area contributed by atoms with Crippen molar-refractivity contribution in [2.45, 2.75) is 52.9 Å². The number of hydrogen-bond donors (Lipinski definition) is 1. The molecule has 0 radical (unpaired) electrons. The fourth-order valence-corrected chi connectivity index (χ4v) is 1.32. The Balaban J connectivity index is 3.30. The van der Waals surface area contributed by atoms with Crippen LogP contribution in [-0.2, 0) is 9.59 Å². The highest BCUT2D eigenvalue weighted by atomic mass is 16.1. The fraction of sp³-hybridized carbons (Fsp3) is 0.833. The van der Waals surface area contributed by atoms with Crippen LogP contribution in [0, 0.1) is 5.92 Å². The average molecular weight is 213 g/mol. The van der Waals surface area contributed by atoms with Gasteiger partial charge in [0.2, 0.25) is 5.91 Å². The Kier molecular flexibility index (Phi) is 7.96. The van der Waals surface area contributed by atoms with Gasteiger partial charge in [-0.05, 0) is 32.1 Å². The van der Waals surface area contributed by atoms with E-state index in [1.54, 1.807) is 6.92 Å². The predicted octanol–water partition coefficient (Wildman–Crippen LogP) is 2.30. The van der Waals surface area contributed by atoms with Crippen LogP contribution in [0.4, 0.5) is 0 Å². The van der Waals surface area contributed by atoms with Crippen molar-refractivity contribution in [1.82, 2.24) is 5.32 Å². The molecular weight excluding hydrogens is 190 g/mol. The van der Waals surface area contributed by atoms with Gasteiger partial charge in [-0.2, -0.15) is 0 Å². The minimum atomic E-state index is 0.0695. The van der Waals surface area contributed by atoms with Crippen molar-refractivity contribution < 1.29 is 9.59 Å². The molecule has 0 fully saturated rings. The number of amides is 1. The van der Waals surface area contributed by atoms with E-state index >= 15 is 0 Å². The Labute approximate surface area is 92.6 Å². The van der Waals surface area contributed by atoms with E-state index in [0.717, 1.165) is 19.4 Å². The minimum absolute atomic E-state index is 0.0695. The molecule has 1 amide bonds. The van der Waals surface area contributed by atoms with Crippen LogP contribution >= 0.6 is 0 Å². The smallest absolute Gasteiger partial charge is 0.220 e. The number of rotatable bonds is 8. The SMILES string of the molecule is CC(=O)CCCC(=O)NCCCC(C)C. The van der Waals surface area contributed by atoms with Crippen molar-refractivity contribution in [2.24, 2.45) is 5.92 Å². The summed E-state index contributed by atoms with van der Waals surface area (Å²) in [7, 11) is 0. The zero-order chi connectivity index (χ0) is 11.7. The van der Waals surface area contributed by atoms with Gasteiger partial charge in [0.05, 0.1) is 0 Å². The molecule has 0 aliphatic carbocycles. The highest BCUT2D eigenvalue weighted by Gasteiger charge is 2.02. The summed E-state index contributed by atoms with van der Waals surface area (Å²) < 4.78 is 0. The third-order valence-corrected chi connectivity index (χ3v) is 2.21. The van der Waals surface area contributed by atoms with Crippen molar-refractivity contribution in [2.75, 3.05) is 6.54 Å². The zero-order valence-corrected chi connectivity index (χ0v) is 10.1. The summed E-state index contributed by atoms with van der Waals surface area (Å²) in [5.74, 6) is 0.919. The molecule has 0 spiro atoms. The molecule has 0 aromatic rings. The summed E-state index contributed by atoms with van der Waals surface area (Å²) in [6.07, 6.45) is 3.84. The van der Waals surface area contributed by atoms with Gasteiger partial charge >= 0.3 is 0 Å². The quantitative estimate of drug-likeness (QED) is 0.629. The number of hydrogen-bond acceptors (Lipinski definition) is 2. The zero-order valence-electron chi connectivity index (χ0n) is 10.1. The molecule has 0 unspecified atom stereocenters. The van der Waals surface area contributed by atoms with Gasteiger partial charge < -0.3 is 10.1 Å². The molecule has 0 aromatic heterocycles. The van der Waals surface area contributed by atoms with Crippen LogP contribution in [0.2, 0.25) is 0 Å². The van der Waals surface area contributed by atoms with Crippen molar-refractivity contribution in [3.8, 4) is 0 Å². The van der Waals surface area contributed by atoms with Gasteiger partial charge in [0.25, 0.3) is 0 Å². The van der Waals surface area contributed by atoms with Gasteiger partial charge in [0.15, 0.2) is 0 Å². The molecule has 1 N–H and O–H groups in total. The summed E-state index contributed by atoms with van der Waals surface area (Å²) >= 11 is 0. The van der Waals surface area contributed by atoms with E-state index in [9.17, 15) is 9.59 Å². The molecule has 0 atom stereocenters. The second-order valence-electron chi connectivity index (χ2n) is 4.44. The molecule has 0 rings (SSSR count). The second kappa shape index (κ2) is 8.45. The summed E-state index contributed by atoms with van der Waals surface area (Å²) in [6.45, 7) is 6.67. The van der Waals surface area contributed by atoms with Gasteiger partial charge in [0.1, 0.15) is 5.78 Å². The summed E-state index contributed by atoms with van der Waals surface area (Å²) in [4.78, 5) is 21.9. The van der Waals surface area contributed by atoms with Gasteiger partial charge in [-0.3, -0.25) is 4.79 Å². The van der Waals surface area contributed by atoms with Crippen molar-refractivity contribution in [3.63, 3.8) is 0 Å². The predicted molar refractivity (Wildman–Crippen MR) is 61.6 cm³/mol. The van der Waals surface area contributed by atoms with Crippen LogP contribution in [0.3, 0.4) is 0 Å². The van der Waals surface area contributed by atoms with Gasteiger partial charge in [-0.1, -0.05) is 13.8 Å². The topological polar surface area (TPSA) is 46.2 Å². The van der Waals surface area contributed by atoms with Gasteiger partial charge in [-0.25, -0.2) is 0 Å². The van der Waals surface area contributed by atoms with E-state index in [-0.39, 0.29) is 11.7 Å². The van der Waals surface area contributed by atoms with E-state index in [1.807, 2.05) is 0 Å². The van der Waals surface area contributed by atoms with E-state index in [2.05, 4.69) is 19.2 Å². The maximum absolute atomic E-state index is 11.2. The maximum atomic E-state index is 11.2. The van der Waals surface area contributed by atoms with Crippen LogP contribution in [0.1, 0.15) is 52.9 Å². The van der Waals surface area contributed by atoms with E-state index in [1.165, 1.54) is 0 Å². The Hall–Kier alpha value is -0.860. The van der Waals surface area contributed by atoms with Crippen LogP contribution in [0.25, 0.3) is 0 Å². The molecule has 0 heterocycles. The summed E-state index contributed by atoms with van der Waals surface area (Å²) in [5, 5.41) is 2.86. The molecule has 0 aliphatic rings. The Bertz CT molecular complexity index is 200. The van der Waals surface area contributed by atoms with Gasteiger partial charge in [-0.15, -0.1) is 0 Å². The highest BCUT2D eigenvalue weighted by Crippen LogP contribution is 2.02. The van der Waals surface area contributed by atoms with E-state index in [4.69, 9.17) is 0 Å². The first-order chi connectivity index (χ1) is 7.02. The number of ketones is 1. The second-order valence-corrected chi connectivity index (χ2v) is 4.44. The Morgan fingerprint density at radius 1 is 1.13 bits per heavy atom. The average Bonchev–Trinajstić information content (AvgIpc) is 2.11. The lowest BCUT2D eigenvalue weighted by molar-refractivity contribution is -0.121. The molecule has 0 aromatic carbocycles. The summed E-state index contributed by atoms with van der Waals surface area (Å²) in [6, 6.07) is 0. The van der Waals surface area contributed by atoms with Crippen LogP contribution in [0.5, 0.6) is 0 Å². The van der Waals surface area contributed by atoms with Crippen LogP contribution < -0.4 is 5.32 Å². The first kappa shape index (κ1) is 14.1. The Morgan fingerprint density at radius 3 is 2.33 bits per heavy atom. The maximum Gasteiger partial charge on any atom is 0.220 e. The highest BCUT2D eigenvalue weighted by molar-refractivity contribution is 5.78. The monoisotopic (exact) mass is 213 g/mol. The third-order valence-electron chi connectivity index (χ3n) is 2.21. The molecule has 88 valence electrons. The van der Waals surface area contributed by atoms with Crippen molar-refractivity contribution >= 4 is 11.7 Å². The molecule has 15 heavy (non-hydrogen) atoms. The Morgan fingerprint density at radius 2 is 1.80 bits per heavy atom. The van der Waals surface area contributed by atoms with E-state index < -0.39 is 0 Å². The molecule has 0 aliphatic heterocycles. The minimum Gasteiger partial charge on any atom is -0.356 e. The van der Waals surface area contributed by atoms with Gasteiger partial charge in [0, 0.05) is 19.4 Å². The molecular formula is C12H23NO2. The number of nitrogens with one attached hydrogen (secondary N) is 1. The first-order valence-electron chi connectivity index (χ1n) is 5.78. The normalized spacial score (nSPS) is 10.4. The van der Waals surface area contributed by atoms with Crippen LogP contribution in [0.15, 0.2) is 0 Å². The molecule has 0 saturated carbocycles.